The van der Waals surface area contributed by atoms with E-state index in [9.17, 15) is 13.2 Å². The Bertz CT molecular complexity index is 934. The standard InChI is InChI=1S/C20H26N2O3S/c1-13(2)16-10-7-9-14(3)19(16)21-20(23)17-11-8-12-18(15(17)4)22(5)26(6,24)25/h7-13H,1-6H3,(H,21,23). The van der Waals surface area contributed by atoms with Crippen molar-refractivity contribution in [2.75, 3.05) is 22.9 Å². The second-order valence-electron chi connectivity index (χ2n) is 6.83. The van der Waals surface area contributed by atoms with E-state index in [0.717, 1.165) is 23.1 Å². The maximum Gasteiger partial charge on any atom is 0.256 e. The molecule has 0 heterocycles. The number of amides is 1. The minimum Gasteiger partial charge on any atom is -0.321 e. The molecule has 0 radical (unpaired) electrons. The maximum absolute atomic E-state index is 12.9. The van der Waals surface area contributed by atoms with Crippen LogP contribution in [-0.2, 0) is 10.0 Å². The van der Waals surface area contributed by atoms with E-state index in [2.05, 4.69) is 19.2 Å². The van der Waals surface area contributed by atoms with Gasteiger partial charge in [-0.2, -0.15) is 0 Å². The second-order valence-corrected chi connectivity index (χ2v) is 8.84. The third-order valence-corrected chi connectivity index (χ3v) is 5.74. The summed E-state index contributed by atoms with van der Waals surface area (Å²) in [5.74, 6) is 0.0245. The third kappa shape index (κ3) is 4.07. The van der Waals surface area contributed by atoms with Crippen molar-refractivity contribution in [2.24, 2.45) is 0 Å². The van der Waals surface area contributed by atoms with Crippen LogP contribution in [0, 0.1) is 13.8 Å². The summed E-state index contributed by atoms with van der Waals surface area (Å²) >= 11 is 0. The summed E-state index contributed by atoms with van der Waals surface area (Å²) in [7, 11) is -1.92. The molecule has 26 heavy (non-hydrogen) atoms. The first-order valence-electron chi connectivity index (χ1n) is 8.48. The highest BCUT2D eigenvalue weighted by Crippen LogP contribution is 2.29. The zero-order valence-corrected chi connectivity index (χ0v) is 16.9. The number of hydrogen-bond acceptors (Lipinski definition) is 3. The molecule has 5 nitrogen and oxygen atoms in total. The molecule has 0 spiro atoms. The number of carbonyl (C=O) groups excluding carboxylic acids is 1. The van der Waals surface area contributed by atoms with Crippen LogP contribution in [0.15, 0.2) is 36.4 Å². The monoisotopic (exact) mass is 374 g/mol. The topological polar surface area (TPSA) is 66.5 Å². The molecule has 0 aromatic heterocycles. The molecule has 2 rings (SSSR count). The molecular weight excluding hydrogens is 348 g/mol. The van der Waals surface area contributed by atoms with Crippen molar-refractivity contribution in [3.63, 3.8) is 0 Å². The summed E-state index contributed by atoms with van der Waals surface area (Å²) in [6, 6.07) is 11.0. The number of carbonyl (C=O) groups is 1. The van der Waals surface area contributed by atoms with Crippen LogP contribution in [0.3, 0.4) is 0 Å². The fourth-order valence-corrected chi connectivity index (χ4v) is 3.47. The highest BCUT2D eigenvalue weighted by Gasteiger charge is 2.20. The van der Waals surface area contributed by atoms with Crippen LogP contribution in [0.1, 0.15) is 46.8 Å². The van der Waals surface area contributed by atoms with Crippen LogP contribution in [0.25, 0.3) is 0 Å². The molecule has 0 unspecified atom stereocenters. The SMILES string of the molecule is Cc1cccc(C(C)C)c1NC(=O)c1cccc(N(C)S(C)(=O)=O)c1C. The van der Waals surface area contributed by atoms with E-state index >= 15 is 0 Å². The summed E-state index contributed by atoms with van der Waals surface area (Å²) in [5, 5.41) is 3.02. The number of sulfonamides is 1. The summed E-state index contributed by atoms with van der Waals surface area (Å²) < 4.78 is 24.9. The largest absolute Gasteiger partial charge is 0.321 e. The molecule has 1 amide bonds. The van der Waals surface area contributed by atoms with Crippen molar-refractivity contribution in [2.45, 2.75) is 33.6 Å². The van der Waals surface area contributed by atoms with Gasteiger partial charge in [-0.25, -0.2) is 8.42 Å². The number of aryl methyl sites for hydroxylation is 1. The predicted octanol–water partition coefficient (Wildman–Crippen LogP) is 4.07. The number of anilines is 2. The zero-order valence-electron chi connectivity index (χ0n) is 16.1. The summed E-state index contributed by atoms with van der Waals surface area (Å²) in [6.45, 7) is 7.88. The van der Waals surface area contributed by atoms with E-state index in [1.165, 1.54) is 11.4 Å². The van der Waals surface area contributed by atoms with Crippen LogP contribution >= 0.6 is 0 Å². The highest BCUT2D eigenvalue weighted by atomic mass is 32.2. The molecule has 6 heteroatoms. The number of nitrogens with zero attached hydrogens (tertiary/aromatic N) is 1. The van der Waals surface area contributed by atoms with Crippen LogP contribution in [0.5, 0.6) is 0 Å². The fraction of sp³-hybridized carbons (Fsp3) is 0.350. The van der Waals surface area contributed by atoms with E-state index in [-0.39, 0.29) is 11.8 Å². The van der Waals surface area contributed by atoms with Crippen molar-refractivity contribution in [1.82, 2.24) is 0 Å². The first-order valence-corrected chi connectivity index (χ1v) is 10.3. The Labute approximate surface area is 156 Å². The van der Waals surface area contributed by atoms with Gasteiger partial charge in [-0.3, -0.25) is 9.10 Å². The number of hydrogen-bond donors (Lipinski definition) is 1. The van der Waals surface area contributed by atoms with E-state index in [1.54, 1.807) is 25.1 Å². The quantitative estimate of drug-likeness (QED) is 0.858. The molecule has 0 saturated heterocycles. The molecule has 0 atom stereocenters. The third-order valence-electron chi connectivity index (χ3n) is 4.55. The molecule has 140 valence electrons. The normalized spacial score (nSPS) is 11.5. The number of nitrogens with one attached hydrogen (secondary N) is 1. The lowest BCUT2D eigenvalue weighted by molar-refractivity contribution is 0.102. The molecule has 2 aromatic carbocycles. The zero-order chi connectivity index (χ0) is 19.6. The van der Waals surface area contributed by atoms with Gasteiger partial charge in [0.25, 0.3) is 5.91 Å². The van der Waals surface area contributed by atoms with E-state index in [1.807, 2.05) is 25.1 Å². The highest BCUT2D eigenvalue weighted by molar-refractivity contribution is 7.92. The van der Waals surface area contributed by atoms with Crippen LogP contribution in [-0.4, -0.2) is 27.6 Å². The number of para-hydroxylation sites is 1. The average molecular weight is 375 g/mol. The van der Waals surface area contributed by atoms with Gasteiger partial charge in [0.1, 0.15) is 0 Å². The molecule has 0 saturated carbocycles. The van der Waals surface area contributed by atoms with Gasteiger partial charge in [-0.05, 0) is 48.6 Å². The van der Waals surface area contributed by atoms with Gasteiger partial charge in [0.05, 0.1) is 11.9 Å². The first kappa shape index (κ1) is 20.0. The molecule has 0 fully saturated rings. The van der Waals surface area contributed by atoms with Crippen LogP contribution < -0.4 is 9.62 Å². The smallest absolute Gasteiger partial charge is 0.256 e. The summed E-state index contributed by atoms with van der Waals surface area (Å²) in [5.41, 5.74) is 4.45. The molecule has 0 bridgehead atoms. The predicted molar refractivity (Wildman–Crippen MR) is 108 cm³/mol. The van der Waals surface area contributed by atoms with Crippen molar-refractivity contribution >= 4 is 27.3 Å². The minimum absolute atomic E-state index is 0.248. The summed E-state index contributed by atoms with van der Waals surface area (Å²) in [6.07, 6.45) is 1.14. The van der Waals surface area contributed by atoms with Gasteiger partial charge in [-0.15, -0.1) is 0 Å². The van der Waals surface area contributed by atoms with Gasteiger partial charge < -0.3 is 5.32 Å². The lowest BCUT2D eigenvalue weighted by Crippen LogP contribution is -2.26. The van der Waals surface area contributed by atoms with Gasteiger partial charge >= 0.3 is 0 Å². The van der Waals surface area contributed by atoms with Crippen molar-refractivity contribution in [3.8, 4) is 0 Å². The van der Waals surface area contributed by atoms with Gasteiger partial charge in [0, 0.05) is 18.3 Å². The second kappa shape index (κ2) is 7.50. The molecule has 2 aromatic rings. The lowest BCUT2D eigenvalue weighted by Gasteiger charge is -2.21. The van der Waals surface area contributed by atoms with Crippen LogP contribution in [0.2, 0.25) is 0 Å². The van der Waals surface area contributed by atoms with E-state index in [0.29, 0.717) is 16.8 Å². The molecule has 0 aliphatic rings. The first-order chi connectivity index (χ1) is 12.0. The van der Waals surface area contributed by atoms with Gasteiger partial charge in [0.2, 0.25) is 10.0 Å². The van der Waals surface area contributed by atoms with Crippen LogP contribution in [0.4, 0.5) is 11.4 Å². The van der Waals surface area contributed by atoms with Crippen molar-refractivity contribution < 1.29 is 13.2 Å². The maximum atomic E-state index is 12.9. The molecule has 0 aliphatic carbocycles. The Kier molecular flexibility index (Phi) is 5.76. The number of benzene rings is 2. The summed E-state index contributed by atoms with van der Waals surface area (Å²) in [4.78, 5) is 12.9. The molecular formula is C20H26N2O3S. The molecule has 1 N–H and O–H groups in total. The Morgan fingerprint density at radius 2 is 1.69 bits per heavy atom. The van der Waals surface area contributed by atoms with Crippen molar-refractivity contribution in [3.05, 3.63) is 58.7 Å². The Balaban J connectivity index is 2.44. The Morgan fingerprint density at radius 3 is 2.27 bits per heavy atom. The number of rotatable bonds is 5. The molecule has 0 aliphatic heterocycles. The fourth-order valence-electron chi connectivity index (χ4n) is 2.91. The van der Waals surface area contributed by atoms with Gasteiger partial charge in [0.15, 0.2) is 0 Å². The minimum atomic E-state index is -3.40. The van der Waals surface area contributed by atoms with Crippen molar-refractivity contribution in [1.29, 1.82) is 0 Å². The van der Waals surface area contributed by atoms with E-state index in [4.69, 9.17) is 0 Å². The van der Waals surface area contributed by atoms with E-state index < -0.39 is 10.0 Å². The van der Waals surface area contributed by atoms with Gasteiger partial charge in [-0.1, -0.05) is 38.1 Å². The lowest BCUT2D eigenvalue weighted by atomic mass is 9.97. The Hall–Kier alpha value is -2.34. The average Bonchev–Trinajstić information content (AvgIpc) is 2.55. The Morgan fingerprint density at radius 1 is 1.08 bits per heavy atom.